The molecule has 64 valence electrons. The van der Waals surface area contributed by atoms with Gasteiger partial charge in [0.25, 0.3) is 0 Å². The molecular weight excluding hydrogens is 193 g/mol. The molecule has 1 nitrogen and oxygen atoms in total. The fourth-order valence-electron chi connectivity index (χ4n) is 0.956. The van der Waals surface area contributed by atoms with Gasteiger partial charge in [-0.05, 0) is 24.6 Å². The van der Waals surface area contributed by atoms with Crippen LogP contribution in [0.1, 0.15) is 12.5 Å². The van der Waals surface area contributed by atoms with Crippen molar-refractivity contribution in [3.05, 3.63) is 33.8 Å². The van der Waals surface area contributed by atoms with E-state index in [4.69, 9.17) is 28.6 Å². The molecule has 0 amide bonds. The van der Waals surface area contributed by atoms with Gasteiger partial charge in [-0.2, -0.15) is 0 Å². The summed E-state index contributed by atoms with van der Waals surface area (Å²) < 4.78 is 0. The second-order valence-electron chi connectivity index (χ2n) is 2.71. The van der Waals surface area contributed by atoms with E-state index in [0.717, 1.165) is 5.56 Å². The number of benzene rings is 1. The molecule has 1 N–H and O–H groups in total. The molecule has 0 bridgehead atoms. The van der Waals surface area contributed by atoms with E-state index in [1.165, 1.54) is 0 Å². The third-order valence-corrected chi connectivity index (χ3v) is 2.19. The van der Waals surface area contributed by atoms with Gasteiger partial charge in [0.05, 0.1) is 10.0 Å². The standard InChI is InChI=1S/C9H9Cl2N/c1-6(12)4-7-2-3-8(10)9(11)5-7/h2-3,5,12H,4H2,1H3. The minimum absolute atomic E-state index is 0.551. The third kappa shape index (κ3) is 2.50. The number of hydrogen-bond acceptors (Lipinski definition) is 1. The maximum atomic E-state index is 7.28. The molecule has 0 saturated carbocycles. The van der Waals surface area contributed by atoms with Gasteiger partial charge in [-0.15, -0.1) is 0 Å². The Bertz CT molecular complexity index is 307. The van der Waals surface area contributed by atoms with E-state index in [1.807, 2.05) is 6.07 Å². The number of rotatable bonds is 2. The summed E-state index contributed by atoms with van der Waals surface area (Å²) in [6.07, 6.45) is 0.636. The van der Waals surface area contributed by atoms with E-state index in [-0.39, 0.29) is 0 Å². The molecule has 0 aliphatic heterocycles. The molecule has 1 aromatic carbocycles. The summed E-state index contributed by atoms with van der Waals surface area (Å²) >= 11 is 11.5. The number of halogens is 2. The highest BCUT2D eigenvalue weighted by Crippen LogP contribution is 2.22. The van der Waals surface area contributed by atoms with Crippen molar-refractivity contribution in [2.75, 3.05) is 0 Å². The van der Waals surface area contributed by atoms with Crippen LogP contribution in [0, 0.1) is 5.41 Å². The van der Waals surface area contributed by atoms with E-state index in [2.05, 4.69) is 0 Å². The summed E-state index contributed by atoms with van der Waals surface area (Å²) in [6, 6.07) is 5.43. The molecular formula is C9H9Cl2N. The van der Waals surface area contributed by atoms with Crippen LogP contribution in [0.15, 0.2) is 18.2 Å². The van der Waals surface area contributed by atoms with E-state index in [9.17, 15) is 0 Å². The Morgan fingerprint density at radius 2 is 2.00 bits per heavy atom. The van der Waals surface area contributed by atoms with Crippen molar-refractivity contribution in [1.82, 2.24) is 0 Å². The van der Waals surface area contributed by atoms with Crippen LogP contribution in [-0.2, 0) is 6.42 Å². The van der Waals surface area contributed by atoms with Gasteiger partial charge in [0, 0.05) is 12.1 Å². The van der Waals surface area contributed by atoms with Crippen LogP contribution in [0.25, 0.3) is 0 Å². The molecule has 1 rings (SSSR count). The number of hydrogen-bond donors (Lipinski definition) is 1. The predicted octanol–water partition coefficient (Wildman–Crippen LogP) is 3.58. The maximum absolute atomic E-state index is 7.28. The van der Waals surface area contributed by atoms with Crippen LogP contribution in [0.3, 0.4) is 0 Å². The molecule has 0 heterocycles. The zero-order valence-corrected chi connectivity index (χ0v) is 8.21. The van der Waals surface area contributed by atoms with Crippen molar-refractivity contribution < 1.29 is 0 Å². The second kappa shape index (κ2) is 3.92. The molecule has 3 heteroatoms. The first kappa shape index (κ1) is 9.56. The van der Waals surface area contributed by atoms with Gasteiger partial charge in [-0.1, -0.05) is 29.3 Å². The lowest BCUT2D eigenvalue weighted by Gasteiger charge is -2.00. The van der Waals surface area contributed by atoms with Crippen LogP contribution in [-0.4, -0.2) is 5.71 Å². The molecule has 1 aromatic rings. The average Bonchev–Trinajstić information content (AvgIpc) is 1.96. The first-order valence-corrected chi connectivity index (χ1v) is 4.33. The summed E-state index contributed by atoms with van der Waals surface area (Å²) in [5, 5.41) is 8.39. The molecule has 0 unspecified atom stereocenters. The molecule has 12 heavy (non-hydrogen) atoms. The topological polar surface area (TPSA) is 23.9 Å². The highest BCUT2D eigenvalue weighted by molar-refractivity contribution is 6.42. The molecule has 0 aliphatic rings. The van der Waals surface area contributed by atoms with Crippen LogP contribution in [0.2, 0.25) is 10.0 Å². The van der Waals surface area contributed by atoms with Crippen LogP contribution in [0.5, 0.6) is 0 Å². The minimum Gasteiger partial charge on any atom is -0.310 e. The molecule has 0 aromatic heterocycles. The first-order valence-electron chi connectivity index (χ1n) is 3.57. The van der Waals surface area contributed by atoms with Crippen LogP contribution in [0.4, 0.5) is 0 Å². The second-order valence-corrected chi connectivity index (χ2v) is 3.52. The molecule has 0 atom stereocenters. The Hall–Kier alpha value is -0.530. The summed E-state index contributed by atoms with van der Waals surface area (Å²) in [6.45, 7) is 1.77. The normalized spacial score (nSPS) is 9.92. The van der Waals surface area contributed by atoms with Gasteiger partial charge in [0.2, 0.25) is 0 Å². The Balaban J connectivity index is 2.89. The van der Waals surface area contributed by atoms with Crippen molar-refractivity contribution in [2.24, 2.45) is 0 Å². The largest absolute Gasteiger partial charge is 0.310 e. The van der Waals surface area contributed by atoms with Crippen molar-refractivity contribution >= 4 is 28.9 Å². The Morgan fingerprint density at radius 3 is 2.50 bits per heavy atom. The number of nitrogens with one attached hydrogen (secondary N) is 1. The van der Waals surface area contributed by atoms with Gasteiger partial charge in [0.1, 0.15) is 0 Å². The van der Waals surface area contributed by atoms with Gasteiger partial charge < -0.3 is 5.41 Å². The first-order chi connectivity index (χ1) is 5.59. The summed E-state index contributed by atoms with van der Waals surface area (Å²) in [4.78, 5) is 0. The molecule has 0 saturated heterocycles. The summed E-state index contributed by atoms with van der Waals surface area (Å²) in [5.41, 5.74) is 1.64. The van der Waals surface area contributed by atoms with Crippen LogP contribution >= 0.6 is 23.2 Å². The van der Waals surface area contributed by atoms with E-state index in [0.29, 0.717) is 22.2 Å². The van der Waals surface area contributed by atoms with Crippen molar-refractivity contribution in [1.29, 1.82) is 5.41 Å². The molecule has 0 fully saturated rings. The quantitative estimate of drug-likeness (QED) is 0.708. The van der Waals surface area contributed by atoms with Crippen molar-refractivity contribution in [2.45, 2.75) is 13.3 Å². The minimum atomic E-state index is 0.551. The molecule has 0 radical (unpaired) electrons. The smallest absolute Gasteiger partial charge is 0.0595 e. The zero-order valence-electron chi connectivity index (χ0n) is 6.70. The lowest BCUT2D eigenvalue weighted by molar-refractivity contribution is 1.27. The van der Waals surface area contributed by atoms with Gasteiger partial charge in [-0.3, -0.25) is 0 Å². The lowest BCUT2D eigenvalue weighted by Crippen LogP contribution is -1.94. The fraction of sp³-hybridized carbons (Fsp3) is 0.222. The highest BCUT2D eigenvalue weighted by atomic mass is 35.5. The maximum Gasteiger partial charge on any atom is 0.0595 e. The Labute approximate surface area is 81.8 Å². The van der Waals surface area contributed by atoms with Crippen LogP contribution < -0.4 is 0 Å². The SMILES string of the molecule is CC(=N)Cc1ccc(Cl)c(Cl)c1. The third-order valence-electron chi connectivity index (χ3n) is 1.45. The lowest BCUT2D eigenvalue weighted by atomic mass is 10.1. The zero-order chi connectivity index (χ0) is 9.14. The van der Waals surface area contributed by atoms with Crippen molar-refractivity contribution in [3.63, 3.8) is 0 Å². The average molecular weight is 202 g/mol. The van der Waals surface area contributed by atoms with E-state index < -0.39 is 0 Å². The van der Waals surface area contributed by atoms with Gasteiger partial charge >= 0.3 is 0 Å². The predicted molar refractivity (Wildman–Crippen MR) is 53.6 cm³/mol. The van der Waals surface area contributed by atoms with E-state index in [1.54, 1.807) is 19.1 Å². The Kier molecular flexibility index (Phi) is 3.12. The fourth-order valence-corrected chi connectivity index (χ4v) is 1.28. The van der Waals surface area contributed by atoms with Crippen molar-refractivity contribution in [3.8, 4) is 0 Å². The van der Waals surface area contributed by atoms with Gasteiger partial charge in [-0.25, -0.2) is 0 Å². The molecule has 0 spiro atoms. The molecule has 0 aliphatic carbocycles. The Morgan fingerprint density at radius 1 is 1.33 bits per heavy atom. The highest BCUT2D eigenvalue weighted by Gasteiger charge is 1.99. The van der Waals surface area contributed by atoms with Gasteiger partial charge in [0.15, 0.2) is 0 Å². The summed E-state index contributed by atoms with van der Waals surface area (Å²) in [5.74, 6) is 0. The summed E-state index contributed by atoms with van der Waals surface area (Å²) in [7, 11) is 0. The monoisotopic (exact) mass is 201 g/mol. The van der Waals surface area contributed by atoms with E-state index >= 15 is 0 Å².